The number of amides is 3. The highest BCUT2D eigenvalue weighted by atomic mass is 16.2. The number of likely N-dealkylation sites (N-methyl/N-ethyl adjacent to an activating group) is 1. The molecule has 1 aliphatic heterocycles. The molecule has 0 unspecified atom stereocenters. The second-order valence-corrected chi connectivity index (χ2v) is 9.58. The van der Waals surface area contributed by atoms with E-state index in [1.165, 1.54) is 6.42 Å². The molecule has 2 atom stereocenters. The molecule has 2 aliphatic rings. The Morgan fingerprint density at radius 1 is 1.06 bits per heavy atom. The van der Waals surface area contributed by atoms with Crippen LogP contribution in [0.15, 0.2) is 24.5 Å². The molecule has 3 amide bonds. The van der Waals surface area contributed by atoms with Gasteiger partial charge in [-0.15, -0.1) is 0 Å². The van der Waals surface area contributed by atoms with Crippen molar-refractivity contribution in [3.8, 4) is 0 Å². The topological polar surface area (TPSA) is 99.0 Å². The molecular formula is C25H36N6O3. The molecule has 2 aromatic heterocycles. The second kappa shape index (κ2) is 10.5. The Balaban J connectivity index is 1.40. The molecule has 0 radical (unpaired) electrons. The predicted molar refractivity (Wildman–Crippen MR) is 129 cm³/mol. The van der Waals surface area contributed by atoms with E-state index < -0.39 is 6.04 Å². The highest BCUT2D eigenvalue weighted by molar-refractivity contribution is 5.95. The summed E-state index contributed by atoms with van der Waals surface area (Å²) < 4.78 is 1.90. The quantitative estimate of drug-likeness (QED) is 0.671. The van der Waals surface area contributed by atoms with Gasteiger partial charge in [0.05, 0.1) is 11.7 Å². The maximum absolute atomic E-state index is 13.5. The summed E-state index contributed by atoms with van der Waals surface area (Å²) in [6.45, 7) is 5.60. The van der Waals surface area contributed by atoms with E-state index in [9.17, 15) is 14.4 Å². The Hall–Kier alpha value is -2.94. The third-order valence-corrected chi connectivity index (χ3v) is 7.22. The average molecular weight is 469 g/mol. The fourth-order valence-corrected chi connectivity index (χ4v) is 5.01. The summed E-state index contributed by atoms with van der Waals surface area (Å²) >= 11 is 0. The zero-order chi connectivity index (χ0) is 24.2. The van der Waals surface area contributed by atoms with Gasteiger partial charge in [0.25, 0.3) is 5.91 Å². The zero-order valence-electron chi connectivity index (χ0n) is 20.4. The first-order valence-corrected chi connectivity index (χ1v) is 12.4. The van der Waals surface area contributed by atoms with Crippen molar-refractivity contribution in [3.63, 3.8) is 0 Å². The lowest BCUT2D eigenvalue weighted by Crippen LogP contribution is -2.59. The van der Waals surface area contributed by atoms with E-state index in [0.717, 1.165) is 37.0 Å². The van der Waals surface area contributed by atoms with Crippen molar-refractivity contribution >= 4 is 23.4 Å². The summed E-state index contributed by atoms with van der Waals surface area (Å²) in [7, 11) is 1.74. The predicted octanol–water partition coefficient (Wildman–Crippen LogP) is 1.60. The van der Waals surface area contributed by atoms with E-state index in [2.05, 4.69) is 15.6 Å². The molecule has 34 heavy (non-hydrogen) atoms. The van der Waals surface area contributed by atoms with Crippen LogP contribution >= 0.6 is 0 Å². The monoisotopic (exact) mass is 468 g/mol. The van der Waals surface area contributed by atoms with Gasteiger partial charge in [-0.3, -0.25) is 14.4 Å². The molecule has 3 heterocycles. The SMILES string of the molecule is CN[C@@H](C)C(=O)N[C@H](C(=O)N1CCN(C(=O)c2ccn3cc(C)nc3c2)CC1)C1CCCCC1. The molecule has 184 valence electrons. The molecule has 0 spiro atoms. The Morgan fingerprint density at radius 2 is 1.74 bits per heavy atom. The summed E-state index contributed by atoms with van der Waals surface area (Å²) in [5, 5.41) is 5.98. The summed E-state index contributed by atoms with van der Waals surface area (Å²) in [5.41, 5.74) is 2.26. The molecular weight excluding hydrogens is 432 g/mol. The van der Waals surface area contributed by atoms with Crippen molar-refractivity contribution < 1.29 is 14.4 Å². The van der Waals surface area contributed by atoms with Crippen molar-refractivity contribution in [1.29, 1.82) is 0 Å². The van der Waals surface area contributed by atoms with Crippen LogP contribution in [0.25, 0.3) is 5.65 Å². The number of nitrogens with zero attached hydrogens (tertiary/aromatic N) is 4. The lowest BCUT2D eigenvalue weighted by atomic mass is 9.83. The highest BCUT2D eigenvalue weighted by Crippen LogP contribution is 2.28. The van der Waals surface area contributed by atoms with Crippen LogP contribution in [-0.4, -0.2) is 82.2 Å². The summed E-state index contributed by atoms with van der Waals surface area (Å²) in [6.07, 6.45) is 9.06. The Labute approximate surface area is 200 Å². The molecule has 2 fully saturated rings. The fraction of sp³-hybridized carbons (Fsp3) is 0.600. The minimum absolute atomic E-state index is 0.0232. The van der Waals surface area contributed by atoms with Gasteiger partial charge in [0.2, 0.25) is 11.8 Å². The fourth-order valence-electron chi connectivity index (χ4n) is 5.01. The summed E-state index contributed by atoms with van der Waals surface area (Å²) in [5.74, 6) is -0.0522. The van der Waals surface area contributed by atoms with Gasteiger partial charge in [-0.25, -0.2) is 4.98 Å². The van der Waals surface area contributed by atoms with Gasteiger partial charge in [0.15, 0.2) is 0 Å². The number of hydrogen-bond donors (Lipinski definition) is 2. The van der Waals surface area contributed by atoms with E-state index in [1.54, 1.807) is 18.9 Å². The number of aromatic nitrogens is 2. The second-order valence-electron chi connectivity index (χ2n) is 9.58. The van der Waals surface area contributed by atoms with Crippen molar-refractivity contribution in [2.45, 2.75) is 58.0 Å². The molecule has 9 nitrogen and oxygen atoms in total. The van der Waals surface area contributed by atoms with Gasteiger partial charge >= 0.3 is 0 Å². The van der Waals surface area contributed by atoms with Gasteiger partial charge in [-0.1, -0.05) is 19.3 Å². The molecule has 9 heteroatoms. The summed E-state index contributed by atoms with van der Waals surface area (Å²) in [6, 6.07) is 2.76. The molecule has 0 aromatic carbocycles. The average Bonchev–Trinajstić information content (AvgIpc) is 3.25. The number of imidazole rings is 1. The van der Waals surface area contributed by atoms with Crippen molar-refractivity contribution in [3.05, 3.63) is 35.8 Å². The molecule has 4 rings (SSSR count). The number of carbonyl (C=O) groups is 3. The number of piperazine rings is 1. The first-order chi connectivity index (χ1) is 16.4. The number of fused-ring (bicyclic) bond motifs is 1. The van der Waals surface area contributed by atoms with Gasteiger partial charge in [-0.2, -0.15) is 0 Å². The normalized spacial score (nSPS) is 19.1. The highest BCUT2D eigenvalue weighted by Gasteiger charge is 2.36. The van der Waals surface area contributed by atoms with Crippen LogP contribution in [0.4, 0.5) is 0 Å². The van der Waals surface area contributed by atoms with Crippen LogP contribution in [0.5, 0.6) is 0 Å². The Bertz CT molecular complexity index is 1040. The first kappa shape index (κ1) is 24.2. The van der Waals surface area contributed by atoms with Crippen molar-refractivity contribution in [2.75, 3.05) is 33.2 Å². The molecule has 1 aliphatic carbocycles. The zero-order valence-corrected chi connectivity index (χ0v) is 20.4. The van der Waals surface area contributed by atoms with Crippen LogP contribution < -0.4 is 10.6 Å². The minimum Gasteiger partial charge on any atom is -0.343 e. The first-order valence-electron chi connectivity index (χ1n) is 12.4. The smallest absolute Gasteiger partial charge is 0.254 e. The minimum atomic E-state index is -0.503. The number of aryl methyl sites for hydroxylation is 1. The van der Waals surface area contributed by atoms with E-state index in [1.807, 2.05) is 40.8 Å². The van der Waals surface area contributed by atoms with Crippen molar-refractivity contribution in [1.82, 2.24) is 29.8 Å². The molecule has 0 bridgehead atoms. The third kappa shape index (κ3) is 5.24. The van der Waals surface area contributed by atoms with Crippen LogP contribution in [-0.2, 0) is 9.59 Å². The molecule has 2 N–H and O–H groups in total. The number of nitrogens with one attached hydrogen (secondary N) is 2. The Morgan fingerprint density at radius 3 is 2.41 bits per heavy atom. The Kier molecular flexibility index (Phi) is 7.50. The maximum atomic E-state index is 13.5. The lowest BCUT2D eigenvalue weighted by molar-refractivity contribution is -0.140. The van der Waals surface area contributed by atoms with Crippen molar-refractivity contribution in [2.24, 2.45) is 5.92 Å². The summed E-state index contributed by atoms with van der Waals surface area (Å²) in [4.78, 5) is 47.3. The van der Waals surface area contributed by atoms with Crippen LogP contribution in [0.1, 0.15) is 55.1 Å². The van der Waals surface area contributed by atoms with Crippen LogP contribution in [0.2, 0.25) is 0 Å². The van der Waals surface area contributed by atoms with E-state index in [4.69, 9.17) is 0 Å². The number of pyridine rings is 1. The van der Waals surface area contributed by atoms with Crippen LogP contribution in [0, 0.1) is 12.8 Å². The number of carbonyl (C=O) groups excluding carboxylic acids is 3. The van der Waals surface area contributed by atoms with Crippen LogP contribution in [0.3, 0.4) is 0 Å². The number of hydrogen-bond acceptors (Lipinski definition) is 5. The maximum Gasteiger partial charge on any atom is 0.254 e. The standard InChI is InChI=1S/C25H36N6O3/c1-17-16-31-10-9-20(15-21(31)27-17)24(33)29-11-13-30(14-12-29)25(34)22(19-7-5-4-6-8-19)28-23(32)18(2)26-3/h9-10,15-16,18-19,22,26H,4-8,11-14H2,1-3H3,(H,28,32)/t18-,22-/m0/s1. The lowest BCUT2D eigenvalue weighted by Gasteiger charge is -2.39. The molecule has 2 aromatic rings. The largest absolute Gasteiger partial charge is 0.343 e. The van der Waals surface area contributed by atoms with Gasteiger partial charge < -0.3 is 24.8 Å². The van der Waals surface area contributed by atoms with Gasteiger partial charge in [-0.05, 0) is 51.8 Å². The third-order valence-electron chi connectivity index (χ3n) is 7.22. The van der Waals surface area contributed by atoms with E-state index >= 15 is 0 Å². The molecule has 1 saturated carbocycles. The number of rotatable bonds is 6. The van der Waals surface area contributed by atoms with Gasteiger partial charge in [0.1, 0.15) is 11.7 Å². The van der Waals surface area contributed by atoms with Gasteiger partial charge in [0, 0.05) is 44.1 Å². The van der Waals surface area contributed by atoms with E-state index in [-0.39, 0.29) is 29.7 Å². The molecule has 1 saturated heterocycles. The van der Waals surface area contributed by atoms with E-state index in [0.29, 0.717) is 31.7 Å².